The predicted octanol–water partition coefficient (Wildman–Crippen LogP) is 2.47. The molecule has 0 bridgehead atoms. The van der Waals surface area contributed by atoms with Crippen LogP contribution in [0.2, 0.25) is 0 Å². The van der Waals surface area contributed by atoms with Crippen molar-refractivity contribution < 1.29 is 0 Å². The first-order valence-corrected chi connectivity index (χ1v) is 8.13. The molecular formula is C13H19N7S. The van der Waals surface area contributed by atoms with Crippen LogP contribution >= 0.6 is 11.8 Å². The topological polar surface area (TPSA) is 81.4 Å². The molecule has 1 saturated carbocycles. The zero-order valence-corrected chi connectivity index (χ0v) is 13.1. The summed E-state index contributed by atoms with van der Waals surface area (Å²) in [4.78, 5) is 8.80. The average Bonchev–Trinajstić information content (AvgIpc) is 3.13. The van der Waals surface area contributed by atoms with Crippen LogP contribution in [0.1, 0.15) is 44.2 Å². The van der Waals surface area contributed by atoms with Gasteiger partial charge in [0.05, 0.1) is 6.04 Å². The van der Waals surface area contributed by atoms with Crippen molar-refractivity contribution in [2.45, 2.75) is 55.8 Å². The van der Waals surface area contributed by atoms with Gasteiger partial charge in [-0.25, -0.2) is 14.6 Å². The van der Waals surface area contributed by atoms with Crippen molar-refractivity contribution in [2.75, 3.05) is 11.9 Å². The third-order valence-corrected chi connectivity index (χ3v) is 4.64. The van der Waals surface area contributed by atoms with E-state index in [0.29, 0.717) is 12.0 Å². The molecule has 1 aliphatic carbocycles. The molecule has 0 atom stereocenters. The highest BCUT2D eigenvalue weighted by atomic mass is 32.2. The van der Waals surface area contributed by atoms with Gasteiger partial charge in [-0.3, -0.25) is 0 Å². The summed E-state index contributed by atoms with van der Waals surface area (Å²) in [6.07, 6.45) is 6.66. The second-order valence-corrected chi connectivity index (χ2v) is 6.11. The number of nitrogens with zero attached hydrogens (tertiary/aromatic N) is 6. The zero-order valence-electron chi connectivity index (χ0n) is 12.3. The quantitative estimate of drug-likeness (QED) is 0.850. The Morgan fingerprint density at radius 3 is 2.95 bits per heavy atom. The Kier molecular flexibility index (Phi) is 4.33. The number of hydrogen-bond acceptors (Lipinski definition) is 7. The molecule has 3 rings (SSSR count). The van der Waals surface area contributed by atoms with Gasteiger partial charge in [0.15, 0.2) is 0 Å². The van der Waals surface area contributed by atoms with Crippen LogP contribution in [-0.2, 0) is 0 Å². The van der Waals surface area contributed by atoms with E-state index in [2.05, 4.69) is 30.8 Å². The van der Waals surface area contributed by atoms with Crippen molar-refractivity contribution in [3.05, 3.63) is 11.8 Å². The van der Waals surface area contributed by atoms with E-state index in [0.717, 1.165) is 35.1 Å². The predicted molar refractivity (Wildman–Crippen MR) is 80.4 cm³/mol. The zero-order chi connectivity index (χ0) is 14.7. The molecule has 1 aliphatic rings. The van der Waals surface area contributed by atoms with Gasteiger partial charge in [-0.2, -0.15) is 0 Å². The lowest BCUT2D eigenvalue weighted by molar-refractivity contribution is 0.423. The van der Waals surface area contributed by atoms with E-state index < -0.39 is 0 Å². The van der Waals surface area contributed by atoms with Crippen LogP contribution < -0.4 is 5.32 Å². The highest BCUT2D eigenvalue weighted by molar-refractivity contribution is 7.99. The third-order valence-electron chi connectivity index (χ3n) is 3.58. The summed E-state index contributed by atoms with van der Waals surface area (Å²) in [7, 11) is 0. The smallest absolute Gasteiger partial charge is 0.223 e. The second-order valence-electron chi connectivity index (χ2n) is 5.16. The summed E-state index contributed by atoms with van der Waals surface area (Å²) < 4.78 is 1.95. The van der Waals surface area contributed by atoms with Crippen LogP contribution in [0.15, 0.2) is 16.4 Å². The van der Waals surface area contributed by atoms with Gasteiger partial charge in [0, 0.05) is 18.3 Å². The fourth-order valence-corrected chi connectivity index (χ4v) is 3.37. The molecule has 21 heavy (non-hydrogen) atoms. The lowest BCUT2D eigenvalue weighted by Gasteiger charge is -2.11. The molecule has 1 N–H and O–H groups in total. The molecule has 0 saturated heterocycles. The monoisotopic (exact) mass is 305 g/mol. The van der Waals surface area contributed by atoms with Crippen LogP contribution in [-0.4, -0.2) is 36.7 Å². The number of tetrazole rings is 1. The van der Waals surface area contributed by atoms with Gasteiger partial charge >= 0.3 is 0 Å². The van der Waals surface area contributed by atoms with E-state index in [4.69, 9.17) is 0 Å². The van der Waals surface area contributed by atoms with Gasteiger partial charge in [-0.1, -0.05) is 12.8 Å². The van der Waals surface area contributed by atoms with E-state index in [9.17, 15) is 0 Å². The normalized spacial score (nSPS) is 15.5. The highest BCUT2D eigenvalue weighted by Gasteiger charge is 2.22. The first kappa shape index (κ1) is 14.2. The fraction of sp³-hybridized carbons (Fsp3) is 0.615. The Hall–Kier alpha value is -1.70. The molecule has 0 aliphatic heterocycles. The molecule has 112 valence electrons. The maximum atomic E-state index is 4.54. The molecule has 1 fully saturated rings. The Balaban J connectivity index is 1.83. The number of hydrogen-bond donors (Lipinski definition) is 1. The molecule has 0 spiro atoms. The van der Waals surface area contributed by atoms with Crippen LogP contribution in [0, 0.1) is 6.92 Å². The lowest BCUT2D eigenvalue weighted by Crippen LogP contribution is -2.09. The van der Waals surface area contributed by atoms with Crippen molar-refractivity contribution in [3.8, 4) is 0 Å². The number of aromatic nitrogens is 6. The third kappa shape index (κ3) is 3.15. The van der Waals surface area contributed by atoms with Gasteiger partial charge in [0.2, 0.25) is 11.1 Å². The summed E-state index contributed by atoms with van der Waals surface area (Å²) in [5, 5.41) is 17.0. The van der Waals surface area contributed by atoms with Crippen molar-refractivity contribution >= 4 is 17.7 Å². The van der Waals surface area contributed by atoms with Crippen molar-refractivity contribution in [1.82, 2.24) is 30.2 Å². The molecule has 0 amide bonds. The Morgan fingerprint density at radius 1 is 1.38 bits per heavy atom. The summed E-state index contributed by atoms with van der Waals surface area (Å²) >= 11 is 1.51. The molecule has 0 radical (unpaired) electrons. The summed E-state index contributed by atoms with van der Waals surface area (Å²) in [5.74, 6) is 0.644. The molecule has 2 aromatic heterocycles. The molecule has 2 heterocycles. The van der Waals surface area contributed by atoms with Crippen molar-refractivity contribution in [1.29, 1.82) is 0 Å². The molecule has 0 aromatic carbocycles. The number of rotatable bonds is 5. The number of nitrogens with one attached hydrogen (secondary N) is 1. The number of aryl methyl sites for hydroxylation is 1. The first-order valence-electron chi connectivity index (χ1n) is 7.31. The fourth-order valence-electron chi connectivity index (χ4n) is 2.49. The molecular weight excluding hydrogens is 286 g/mol. The summed E-state index contributed by atoms with van der Waals surface area (Å²) in [6, 6.07) is 0.429. The van der Waals surface area contributed by atoms with Gasteiger partial charge in [0.1, 0.15) is 5.03 Å². The largest absolute Gasteiger partial charge is 0.354 e. The summed E-state index contributed by atoms with van der Waals surface area (Å²) in [5.41, 5.74) is 1.03. The SMILES string of the molecule is CCNc1ncc(C)c(Sc2nnnn2C2CCCC2)n1. The van der Waals surface area contributed by atoms with Crippen molar-refractivity contribution in [3.63, 3.8) is 0 Å². The second kappa shape index (κ2) is 6.38. The Bertz CT molecular complexity index is 606. The maximum Gasteiger partial charge on any atom is 0.223 e. The van der Waals surface area contributed by atoms with Crippen LogP contribution in [0.5, 0.6) is 0 Å². The molecule has 0 unspecified atom stereocenters. The van der Waals surface area contributed by atoms with Gasteiger partial charge in [-0.15, -0.1) is 5.10 Å². The Labute approximate surface area is 127 Å². The van der Waals surface area contributed by atoms with Crippen molar-refractivity contribution in [2.24, 2.45) is 0 Å². The first-order chi connectivity index (χ1) is 10.3. The lowest BCUT2D eigenvalue weighted by atomic mass is 10.3. The van der Waals surface area contributed by atoms with E-state index in [1.807, 2.05) is 24.7 Å². The van der Waals surface area contributed by atoms with Gasteiger partial charge in [0.25, 0.3) is 0 Å². The Morgan fingerprint density at radius 2 is 2.19 bits per heavy atom. The minimum Gasteiger partial charge on any atom is -0.354 e. The van der Waals surface area contributed by atoms with Gasteiger partial charge < -0.3 is 5.32 Å². The summed E-state index contributed by atoms with van der Waals surface area (Å²) in [6.45, 7) is 4.82. The maximum absolute atomic E-state index is 4.54. The van der Waals surface area contributed by atoms with E-state index in [-0.39, 0.29) is 0 Å². The highest BCUT2D eigenvalue weighted by Crippen LogP contribution is 2.34. The van der Waals surface area contributed by atoms with E-state index >= 15 is 0 Å². The standard InChI is InChI=1S/C13H19N7S/c1-3-14-12-15-8-9(2)11(16-12)21-13-17-18-19-20(13)10-6-4-5-7-10/h8,10H,3-7H2,1-2H3,(H,14,15,16). The molecule has 7 nitrogen and oxygen atoms in total. The van der Waals surface area contributed by atoms with Crippen LogP contribution in [0.3, 0.4) is 0 Å². The van der Waals surface area contributed by atoms with E-state index in [1.165, 1.54) is 24.6 Å². The van der Waals surface area contributed by atoms with E-state index in [1.54, 1.807) is 0 Å². The molecule has 8 heteroatoms. The van der Waals surface area contributed by atoms with Crippen LogP contribution in [0.25, 0.3) is 0 Å². The molecule has 2 aromatic rings. The minimum absolute atomic E-state index is 0.429. The minimum atomic E-state index is 0.429. The van der Waals surface area contributed by atoms with Crippen LogP contribution in [0.4, 0.5) is 5.95 Å². The van der Waals surface area contributed by atoms with Gasteiger partial charge in [-0.05, 0) is 48.9 Å². The average molecular weight is 305 g/mol. The number of anilines is 1.